The quantitative estimate of drug-likeness (QED) is 0.483. The highest BCUT2D eigenvalue weighted by Gasteiger charge is 2.32. The van der Waals surface area contributed by atoms with Crippen molar-refractivity contribution in [2.24, 2.45) is 0 Å². The highest BCUT2D eigenvalue weighted by atomic mass is 32.2. The second kappa shape index (κ2) is 9.89. The molecule has 0 saturated carbocycles. The number of hydrogen-bond donors (Lipinski definition) is 0. The van der Waals surface area contributed by atoms with Crippen molar-refractivity contribution in [1.82, 2.24) is 4.31 Å². The number of hydrogen-bond acceptors (Lipinski definition) is 3. The average Bonchev–Trinajstić information content (AvgIpc) is 3.17. The van der Waals surface area contributed by atoms with Gasteiger partial charge in [-0.2, -0.15) is 4.31 Å². The summed E-state index contributed by atoms with van der Waals surface area (Å²) in [5, 5.41) is 0. The van der Waals surface area contributed by atoms with Gasteiger partial charge in [-0.25, -0.2) is 8.42 Å². The summed E-state index contributed by atoms with van der Waals surface area (Å²) in [6.45, 7) is 4.54. The van der Waals surface area contributed by atoms with E-state index in [0.717, 1.165) is 22.4 Å². The molecule has 4 rings (SSSR count). The molecular formula is C27H30N2O3S. The van der Waals surface area contributed by atoms with Gasteiger partial charge < -0.3 is 4.90 Å². The number of carbonyl (C=O) groups excluding carboxylic acids is 1. The number of rotatable bonds is 8. The van der Waals surface area contributed by atoms with Gasteiger partial charge >= 0.3 is 0 Å². The van der Waals surface area contributed by atoms with Crippen LogP contribution in [0.25, 0.3) is 0 Å². The smallest absolute Gasteiger partial charge is 0.243 e. The van der Waals surface area contributed by atoms with Gasteiger partial charge in [0.15, 0.2) is 0 Å². The van der Waals surface area contributed by atoms with Gasteiger partial charge in [0.05, 0.1) is 4.90 Å². The molecule has 33 heavy (non-hydrogen) atoms. The van der Waals surface area contributed by atoms with Crippen LogP contribution >= 0.6 is 0 Å². The minimum absolute atomic E-state index is 0.0314. The van der Waals surface area contributed by atoms with Crippen molar-refractivity contribution in [3.8, 4) is 0 Å². The van der Waals surface area contributed by atoms with E-state index in [-0.39, 0.29) is 16.8 Å². The van der Waals surface area contributed by atoms with Crippen molar-refractivity contribution < 1.29 is 13.2 Å². The Morgan fingerprint density at radius 2 is 1.61 bits per heavy atom. The van der Waals surface area contributed by atoms with Crippen molar-refractivity contribution in [2.45, 2.75) is 50.6 Å². The lowest BCUT2D eigenvalue weighted by Crippen LogP contribution is -2.35. The maximum atomic E-state index is 13.8. The average molecular weight is 463 g/mol. The Bertz CT molecular complexity index is 1210. The topological polar surface area (TPSA) is 57.7 Å². The van der Waals surface area contributed by atoms with E-state index < -0.39 is 10.0 Å². The zero-order valence-electron chi connectivity index (χ0n) is 19.1. The van der Waals surface area contributed by atoms with Crippen molar-refractivity contribution in [3.05, 3.63) is 95.6 Å². The van der Waals surface area contributed by atoms with Gasteiger partial charge in [0, 0.05) is 31.2 Å². The molecule has 0 spiro atoms. The first-order valence-corrected chi connectivity index (χ1v) is 12.9. The van der Waals surface area contributed by atoms with Crippen LogP contribution in [0.2, 0.25) is 0 Å². The molecule has 1 amide bonds. The van der Waals surface area contributed by atoms with E-state index in [0.29, 0.717) is 32.4 Å². The minimum atomic E-state index is -3.72. The third-order valence-corrected chi connectivity index (χ3v) is 8.01. The predicted molar refractivity (Wildman–Crippen MR) is 132 cm³/mol. The van der Waals surface area contributed by atoms with Crippen LogP contribution in [-0.4, -0.2) is 31.2 Å². The minimum Gasteiger partial charge on any atom is -0.309 e. The Morgan fingerprint density at radius 1 is 0.970 bits per heavy atom. The van der Waals surface area contributed by atoms with E-state index in [1.165, 1.54) is 0 Å². The van der Waals surface area contributed by atoms with Gasteiger partial charge in [-0.3, -0.25) is 4.79 Å². The zero-order valence-corrected chi connectivity index (χ0v) is 20.0. The van der Waals surface area contributed by atoms with Crippen LogP contribution in [0.5, 0.6) is 0 Å². The van der Waals surface area contributed by atoms with Crippen LogP contribution in [0, 0.1) is 0 Å². The summed E-state index contributed by atoms with van der Waals surface area (Å²) >= 11 is 0. The van der Waals surface area contributed by atoms with Crippen molar-refractivity contribution in [2.75, 3.05) is 11.4 Å². The number of amides is 1. The Hall–Kier alpha value is -2.96. The number of benzene rings is 3. The van der Waals surface area contributed by atoms with Gasteiger partial charge in [-0.15, -0.1) is 0 Å². The van der Waals surface area contributed by atoms with Crippen molar-refractivity contribution in [1.29, 1.82) is 0 Å². The Balaban J connectivity index is 1.64. The second-order valence-corrected chi connectivity index (χ2v) is 10.5. The Morgan fingerprint density at radius 3 is 2.24 bits per heavy atom. The monoisotopic (exact) mass is 462 g/mol. The number of anilines is 1. The van der Waals surface area contributed by atoms with Crippen LogP contribution in [0.3, 0.4) is 0 Å². The lowest BCUT2D eigenvalue weighted by Gasteiger charge is -2.24. The molecular weight excluding hydrogens is 432 g/mol. The van der Waals surface area contributed by atoms with E-state index in [4.69, 9.17) is 0 Å². The summed E-state index contributed by atoms with van der Waals surface area (Å²) in [6.07, 6.45) is 1.72. The summed E-state index contributed by atoms with van der Waals surface area (Å²) in [4.78, 5) is 14.5. The molecule has 0 aliphatic carbocycles. The maximum absolute atomic E-state index is 13.8. The Labute approximate surface area is 196 Å². The number of carbonyl (C=O) groups is 1. The largest absolute Gasteiger partial charge is 0.309 e. The molecule has 1 aliphatic rings. The fraction of sp³-hybridized carbons (Fsp3) is 0.296. The van der Waals surface area contributed by atoms with E-state index in [2.05, 4.69) is 0 Å². The maximum Gasteiger partial charge on any atom is 0.243 e. The lowest BCUT2D eigenvalue weighted by atomic mass is 10.1. The molecule has 0 aromatic heterocycles. The third kappa shape index (κ3) is 5.02. The van der Waals surface area contributed by atoms with Gasteiger partial charge in [-0.1, -0.05) is 67.6 Å². The van der Waals surface area contributed by atoms with Gasteiger partial charge in [-0.05, 0) is 54.7 Å². The van der Waals surface area contributed by atoms with Crippen LogP contribution in [0.4, 0.5) is 5.69 Å². The molecule has 1 aliphatic heterocycles. The van der Waals surface area contributed by atoms with Crippen LogP contribution < -0.4 is 4.90 Å². The predicted octanol–water partition coefficient (Wildman–Crippen LogP) is 4.81. The number of fused-ring (bicyclic) bond motifs is 1. The molecule has 3 aromatic rings. The highest BCUT2D eigenvalue weighted by Crippen LogP contribution is 2.35. The first-order chi connectivity index (χ1) is 15.9. The lowest BCUT2D eigenvalue weighted by molar-refractivity contribution is -0.118. The molecule has 172 valence electrons. The van der Waals surface area contributed by atoms with E-state index in [9.17, 15) is 13.2 Å². The molecule has 0 radical (unpaired) electrons. The van der Waals surface area contributed by atoms with Crippen LogP contribution in [-0.2, 0) is 34.2 Å². The van der Waals surface area contributed by atoms with E-state index in [1.54, 1.807) is 27.4 Å². The van der Waals surface area contributed by atoms with Gasteiger partial charge in [0.2, 0.25) is 15.9 Å². The molecule has 5 nitrogen and oxygen atoms in total. The van der Waals surface area contributed by atoms with E-state index >= 15 is 0 Å². The summed E-state index contributed by atoms with van der Waals surface area (Å²) in [5.41, 5.74) is 3.78. The molecule has 1 heterocycles. The zero-order chi connectivity index (χ0) is 23.4. The first kappa shape index (κ1) is 23.2. The summed E-state index contributed by atoms with van der Waals surface area (Å²) < 4.78 is 29.1. The second-order valence-electron chi connectivity index (χ2n) is 8.52. The van der Waals surface area contributed by atoms with Gasteiger partial charge in [0.1, 0.15) is 0 Å². The molecule has 0 N–H and O–H groups in total. The summed E-state index contributed by atoms with van der Waals surface area (Å²) in [7, 11) is -3.72. The molecule has 1 atom stereocenters. The first-order valence-electron chi connectivity index (χ1n) is 11.4. The van der Waals surface area contributed by atoms with Crippen molar-refractivity contribution >= 4 is 21.6 Å². The van der Waals surface area contributed by atoms with E-state index in [1.807, 2.05) is 74.5 Å². The summed E-state index contributed by atoms with van der Waals surface area (Å²) in [6, 6.07) is 24.8. The Kier molecular flexibility index (Phi) is 6.96. The fourth-order valence-electron chi connectivity index (χ4n) is 4.44. The SMILES string of the molecule is CCC(=O)N1c2ccc(S(=O)(=O)N(CCc3ccccc3)Cc3ccccc3)cc2CC1C. The molecule has 6 heteroatoms. The number of sulfonamides is 1. The molecule has 3 aromatic carbocycles. The summed E-state index contributed by atoms with van der Waals surface area (Å²) in [5.74, 6) is 0.0606. The normalized spacial score (nSPS) is 15.6. The van der Waals surface area contributed by atoms with Crippen LogP contribution in [0.15, 0.2) is 83.8 Å². The van der Waals surface area contributed by atoms with Crippen molar-refractivity contribution in [3.63, 3.8) is 0 Å². The molecule has 0 bridgehead atoms. The molecule has 0 saturated heterocycles. The highest BCUT2D eigenvalue weighted by molar-refractivity contribution is 7.89. The molecule has 0 fully saturated rings. The van der Waals surface area contributed by atoms with Crippen LogP contribution in [0.1, 0.15) is 37.0 Å². The molecule has 1 unspecified atom stereocenters. The number of nitrogens with zero attached hydrogens (tertiary/aromatic N) is 2. The third-order valence-electron chi connectivity index (χ3n) is 6.17. The van der Waals surface area contributed by atoms with Gasteiger partial charge in [0.25, 0.3) is 0 Å². The fourth-order valence-corrected chi connectivity index (χ4v) is 5.92. The standard InChI is InChI=1S/C27H30N2O3S/c1-3-27(30)29-21(2)18-24-19-25(14-15-26(24)29)33(31,32)28(20-23-12-8-5-9-13-23)17-16-22-10-6-4-7-11-22/h4-15,19,21H,3,16-18,20H2,1-2H3.